The minimum atomic E-state index is 0.524. The van der Waals surface area contributed by atoms with Crippen LogP contribution in [0.2, 0.25) is 0 Å². The molecule has 0 radical (unpaired) electrons. The molecule has 1 nitrogen and oxygen atoms in total. The van der Waals surface area contributed by atoms with Crippen LogP contribution >= 0.6 is 0 Å². The Bertz CT molecular complexity index is 430. The highest BCUT2D eigenvalue weighted by Crippen LogP contribution is 2.08. The molecule has 1 heteroatoms. The largest absolute Gasteiger partial charge is 0.314 e. The van der Waals surface area contributed by atoms with E-state index in [2.05, 4.69) is 79.8 Å². The molecule has 0 spiro atoms. The van der Waals surface area contributed by atoms with Crippen molar-refractivity contribution in [2.24, 2.45) is 5.92 Å². The first kappa shape index (κ1) is 14.8. The quantitative estimate of drug-likeness (QED) is 0.797. The Balaban J connectivity index is 1.71. The van der Waals surface area contributed by atoms with Gasteiger partial charge in [0.15, 0.2) is 0 Å². The molecular formula is C19H25N. The monoisotopic (exact) mass is 267 g/mol. The SMILES string of the molecule is C[C@@H](CN[C@H](C)Cc1ccccc1)Cc1ccccc1. The van der Waals surface area contributed by atoms with Crippen LogP contribution in [-0.2, 0) is 12.8 Å². The predicted octanol–water partition coefficient (Wildman–Crippen LogP) is 4.09. The average Bonchev–Trinajstić information content (AvgIpc) is 2.47. The minimum absolute atomic E-state index is 0.524. The van der Waals surface area contributed by atoms with Crippen molar-refractivity contribution in [3.63, 3.8) is 0 Å². The maximum absolute atomic E-state index is 3.65. The third-order valence-electron chi connectivity index (χ3n) is 3.63. The Kier molecular flexibility index (Phi) is 5.82. The Hall–Kier alpha value is -1.60. The van der Waals surface area contributed by atoms with E-state index >= 15 is 0 Å². The fourth-order valence-electron chi connectivity index (χ4n) is 2.53. The summed E-state index contributed by atoms with van der Waals surface area (Å²) in [5.74, 6) is 0.663. The molecule has 0 aromatic heterocycles. The first-order valence-electron chi connectivity index (χ1n) is 7.55. The van der Waals surface area contributed by atoms with Gasteiger partial charge in [-0.2, -0.15) is 0 Å². The molecular weight excluding hydrogens is 242 g/mol. The summed E-state index contributed by atoms with van der Waals surface area (Å²) >= 11 is 0. The van der Waals surface area contributed by atoms with Crippen LogP contribution in [0, 0.1) is 5.92 Å². The highest BCUT2D eigenvalue weighted by atomic mass is 14.9. The summed E-state index contributed by atoms with van der Waals surface area (Å²) < 4.78 is 0. The van der Waals surface area contributed by atoms with Crippen LogP contribution in [-0.4, -0.2) is 12.6 Å². The van der Waals surface area contributed by atoms with Crippen LogP contribution in [0.1, 0.15) is 25.0 Å². The lowest BCUT2D eigenvalue weighted by Crippen LogP contribution is -2.32. The van der Waals surface area contributed by atoms with Gasteiger partial charge < -0.3 is 5.32 Å². The highest BCUT2D eigenvalue weighted by molar-refractivity contribution is 5.16. The summed E-state index contributed by atoms with van der Waals surface area (Å²) in [6.45, 7) is 5.65. The Morgan fingerprint density at radius 3 is 1.80 bits per heavy atom. The average molecular weight is 267 g/mol. The van der Waals surface area contributed by atoms with E-state index in [0.717, 1.165) is 19.4 Å². The Labute approximate surface area is 123 Å². The molecule has 0 saturated carbocycles. The van der Waals surface area contributed by atoms with Crippen molar-refractivity contribution < 1.29 is 0 Å². The molecule has 106 valence electrons. The van der Waals surface area contributed by atoms with Crippen molar-refractivity contribution in [1.29, 1.82) is 0 Å². The summed E-state index contributed by atoms with van der Waals surface area (Å²) in [5, 5.41) is 3.65. The minimum Gasteiger partial charge on any atom is -0.314 e. The topological polar surface area (TPSA) is 12.0 Å². The van der Waals surface area contributed by atoms with E-state index in [1.165, 1.54) is 11.1 Å². The van der Waals surface area contributed by atoms with Gasteiger partial charge in [-0.15, -0.1) is 0 Å². The molecule has 0 aliphatic carbocycles. The summed E-state index contributed by atoms with van der Waals surface area (Å²) in [6.07, 6.45) is 2.24. The van der Waals surface area contributed by atoms with Crippen LogP contribution in [0.25, 0.3) is 0 Å². The number of hydrogen-bond acceptors (Lipinski definition) is 1. The summed E-state index contributed by atoms with van der Waals surface area (Å²) in [7, 11) is 0. The molecule has 0 aliphatic rings. The molecule has 0 fully saturated rings. The fraction of sp³-hybridized carbons (Fsp3) is 0.368. The van der Waals surface area contributed by atoms with E-state index in [9.17, 15) is 0 Å². The van der Waals surface area contributed by atoms with E-state index in [1.54, 1.807) is 0 Å². The number of hydrogen-bond donors (Lipinski definition) is 1. The molecule has 0 heterocycles. The van der Waals surface area contributed by atoms with Gasteiger partial charge in [0, 0.05) is 6.04 Å². The van der Waals surface area contributed by atoms with Gasteiger partial charge in [-0.1, -0.05) is 67.6 Å². The zero-order chi connectivity index (χ0) is 14.2. The van der Waals surface area contributed by atoms with Crippen molar-refractivity contribution in [3.05, 3.63) is 71.8 Å². The van der Waals surface area contributed by atoms with Gasteiger partial charge in [0.25, 0.3) is 0 Å². The van der Waals surface area contributed by atoms with E-state index in [4.69, 9.17) is 0 Å². The second kappa shape index (κ2) is 7.86. The van der Waals surface area contributed by atoms with Gasteiger partial charge in [0.05, 0.1) is 0 Å². The molecule has 2 aromatic carbocycles. The summed E-state index contributed by atoms with van der Waals surface area (Å²) in [4.78, 5) is 0. The first-order chi connectivity index (χ1) is 9.74. The van der Waals surface area contributed by atoms with Crippen LogP contribution in [0.4, 0.5) is 0 Å². The zero-order valence-electron chi connectivity index (χ0n) is 12.5. The van der Waals surface area contributed by atoms with E-state index < -0.39 is 0 Å². The van der Waals surface area contributed by atoms with Gasteiger partial charge in [0.1, 0.15) is 0 Å². The van der Waals surface area contributed by atoms with Crippen molar-refractivity contribution in [2.45, 2.75) is 32.7 Å². The van der Waals surface area contributed by atoms with E-state index in [-0.39, 0.29) is 0 Å². The number of rotatable bonds is 7. The van der Waals surface area contributed by atoms with Gasteiger partial charge in [-0.05, 0) is 43.4 Å². The lowest BCUT2D eigenvalue weighted by atomic mass is 10.0. The smallest absolute Gasteiger partial charge is 0.00792 e. The second-order valence-corrected chi connectivity index (χ2v) is 5.79. The van der Waals surface area contributed by atoms with Gasteiger partial charge in [-0.3, -0.25) is 0 Å². The fourth-order valence-corrected chi connectivity index (χ4v) is 2.53. The van der Waals surface area contributed by atoms with E-state index in [0.29, 0.717) is 12.0 Å². The Morgan fingerprint density at radius 2 is 1.25 bits per heavy atom. The predicted molar refractivity (Wildman–Crippen MR) is 86.9 cm³/mol. The van der Waals surface area contributed by atoms with Crippen molar-refractivity contribution in [3.8, 4) is 0 Å². The third kappa shape index (κ3) is 5.18. The summed E-state index contributed by atoms with van der Waals surface area (Å²) in [5.41, 5.74) is 2.83. The molecule has 20 heavy (non-hydrogen) atoms. The Morgan fingerprint density at radius 1 is 0.750 bits per heavy atom. The molecule has 0 bridgehead atoms. The number of nitrogens with one attached hydrogen (secondary N) is 1. The molecule has 0 aliphatic heterocycles. The molecule has 2 rings (SSSR count). The molecule has 0 unspecified atom stereocenters. The number of benzene rings is 2. The molecule has 0 saturated heterocycles. The van der Waals surface area contributed by atoms with Crippen LogP contribution < -0.4 is 5.32 Å². The normalized spacial score (nSPS) is 13.9. The first-order valence-corrected chi connectivity index (χ1v) is 7.55. The molecule has 2 aromatic rings. The van der Waals surface area contributed by atoms with Crippen LogP contribution in [0.15, 0.2) is 60.7 Å². The standard InChI is InChI=1S/C19H25N/c1-16(13-18-9-5-3-6-10-18)15-20-17(2)14-19-11-7-4-8-12-19/h3-12,16-17,20H,13-15H2,1-2H3/t16-,17-/m1/s1. The van der Waals surface area contributed by atoms with Crippen LogP contribution in [0.5, 0.6) is 0 Å². The maximum Gasteiger partial charge on any atom is 0.00792 e. The van der Waals surface area contributed by atoms with E-state index in [1.807, 2.05) is 0 Å². The molecule has 0 amide bonds. The van der Waals surface area contributed by atoms with Crippen molar-refractivity contribution in [1.82, 2.24) is 5.32 Å². The summed E-state index contributed by atoms with van der Waals surface area (Å²) in [6, 6.07) is 22.0. The van der Waals surface area contributed by atoms with Gasteiger partial charge >= 0.3 is 0 Å². The third-order valence-corrected chi connectivity index (χ3v) is 3.63. The molecule has 1 N–H and O–H groups in total. The zero-order valence-corrected chi connectivity index (χ0v) is 12.5. The second-order valence-electron chi connectivity index (χ2n) is 5.79. The van der Waals surface area contributed by atoms with Crippen LogP contribution in [0.3, 0.4) is 0 Å². The maximum atomic E-state index is 3.65. The highest BCUT2D eigenvalue weighted by Gasteiger charge is 2.07. The van der Waals surface area contributed by atoms with Gasteiger partial charge in [0.2, 0.25) is 0 Å². The lowest BCUT2D eigenvalue weighted by molar-refractivity contribution is 0.458. The molecule has 2 atom stereocenters. The lowest BCUT2D eigenvalue weighted by Gasteiger charge is -2.18. The van der Waals surface area contributed by atoms with Crippen molar-refractivity contribution in [2.75, 3.05) is 6.54 Å². The van der Waals surface area contributed by atoms with Crippen molar-refractivity contribution >= 4 is 0 Å². The van der Waals surface area contributed by atoms with Gasteiger partial charge in [-0.25, -0.2) is 0 Å².